The van der Waals surface area contributed by atoms with Crippen molar-refractivity contribution in [1.29, 1.82) is 0 Å². The molecular weight excluding hydrogens is 474 g/mol. The fraction of sp³-hybridized carbons (Fsp3) is 0.160. The number of para-hydroxylation sites is 2. The summed E-state index contributed by atoms with van der Waals surface area (Å²) in [5, 5.41) is 3.27. The second-order valence-electron chi connectivity index (χ2n) is 7.31. The number of carbonyl (C=O) groups excluding carboxylic acids is 1. The van der Waals surface area contributed by atoms with E-state index in [1.807, 2.05) is 0 Å². The van der Waals surface area contributed by atoms with E-state index in [-0.39, 0.29) is 12.2 Å². The summed E-state index contributed by atoms with van der Waals surface area (Å²) < 4.78 is 23.2. The van der Waals surface area contributed by atoms with Crippen molar-refractivity contribution in [1.82, 2.24) is 9.38 Å². The Bertz CT molecular complexity index is 1430. The van der Waals surface area contributed by atoms with Crippen LogP contribution in [-0.2, 0) is 6.61 Å². The molecule has 0 unspecified atom stereocenters. The number of aromatic nitrogens is 2. The summed E-state index contributed by atoms with van der Waals surface area (Å²) in [6, 6.07) is 14.7. The number of benzene rings is 2. The predicted molar refractivity (Wildman–Crippen MR) is 131 cm³/mol. The second-order valence-corrected chi connectivity index (χ2v) is 7.75. The average Bonchev–Trinajstić information content (AvgIpc) is 2.87. The summed E-state index contributed by atoms with van der Waals surface area (Å²) in [6.45, 7) is 0.0193. The van der Waals surface area contributed by atoms with Crippen LogP contribution in [0.2, 0.25) is 5.02 Å². The van der Waals surface area contributed by atoms with Gasteiger partial charge >= 0.3 is 0 Å². The quantitative estimate of drug-likeness (QED) is 0.391. The molecule has 0 saturated heterocycles. The van der Waals surface area contributed by atoms with Crippen molar-refractivity contribution in [2.75, 3.05) is 26.6 Å². The number of fused-ring (bicyclic) bond motifs is 1. The van der Waals surface area contributed by atoms with E-state index in [1.165, 1.54) is 38.0 Å². The highest BCUT2D eigenvalue weighted by molar-refractivity contribution is 6.30. The van der Waals surface area contributed by atoms with Crippen molar-refractivity contribution in [2.24, 2.45) is 0 Å². The Balaban J connectivity index is 1.55. The van der Waals surface area contributed by atoms with Gasteiger partial charge in [-0.05, 0) is 36.4 Å². The lowest BCUT2D eigenvalue weighted by Gasteiger charge is -2.15. The molecule has 4 aromatic rings. The molecule has 1 amide bonds. The van der Waals surface area contributed by atoms with E-state index >= 15 is 0 Å². The molecular formula is C25H22ClN3O6. The highest BCUT2D eigenvalue weighted by Crippen LogP contribution is 2.38. The van der Waals surface area contributed by atoms with Crippen LogP contribution in [0.3, 0.4) is 0 Å². The fourth-order valence-electron chi connectivity index (χ4n) is 3.45. The summed E-state index contributed by atoms with van der Waals surface area (Å²) in [4.78, 5) is 29.9. The normalized spacial score (nSPS) is 10.6. The van der Waals surface area contributed by atoms with Gasteiger partial charge in [-0.25, -0.2) is 4.98 Å². The Hall–Kier alpha value is -4.24. The standard InChI is InChI=1S/C25H22ClN3O6/c1-32-20-10-15(11-21(33-2)24(20)34-3)25(31)28-18-6-4-5-7-19(18)35-14-17-12-23(30)29-13-16(26)8-9-22(29)27-17/h4-13H,14H2,1-3H3,(H,28,31). The van der Waals surface area contributed by atoms with Crippen molar-refractivity contribution in [3.05, 3.63) is 87.4 Å². The van der Waals surface area contributed by atoms with Crippen molar-refractivity contribution >= 4 is 28.8 Å². The summed E-state index contributed by atoms with van der Waals surface area (Å²) in [6.07, 6.45) is 1.50. The lowest BCUT2D eigenvalue weighted by molar-refractivity contribution is 0.102. The molecule has 10 heteroatoms. The summed E-state index contributed by atoms with van der Waals surface area (Å²) >= 11 is 5.96. The van der Waals surface area contributed by atoms with E-state index in [9.17, 15) is 9.59 Å². The number of amides is 1. The molecule has 0 aliphatic carbocycles. The molecule has 0 aliphatic heterocycles. The Morgan fingerprint density at radius 1 is 0.971 bits per heavy atom. The number of anilines is 1. The molecule has 2 aromatic heterocycles. The van der Waals surface area contributed by atoms with Gasteiger partial charge in [0.25, 0.3) is 11.5 Å². The number of carbonyl (C=O) groups is 1. The molecule has 0 saturated carbocycles. The van der Waals surface area contributed by atoms with Crippen molar-refractivity contribution in [3.8, 4) is 23.0 Å². The number of hydrogen-bond donors (Lipinski definition) is 1. The van der Waals surface area contributed by atoms with Gasteiger partial charge in [-0.1, -0.05) is 23.7 Å². The van der Waals surface area contributed by atoms with E-state index in [1.54, 1.807) is 48.5 Å². The van der Waals surface area contributed by atoms with E-state index < -0.39 is 5.91 Å². The van der Waals surface area contributed by atoms with Gasteiger partial charge in [0.2, 0.25) is 5.75 Å². The fourth-order valence-corrected chi connectivity index (χ4v) is 3.61. The maximum atomic E-state index is 13.0. The van der Waals surface area contributed by atoms with E-state index in [2.05, 4.69) is 10.3 Å². The third-order valence-electron chi connectivity index (χ3n) is 5.11. The highest BCUT2D eigenvalue weighted by atomic mass is 35.5. The zero-order chi connectivity index (χ0) is 24.9. The van der Waals surface area contributed by atoms with Crippen molar-refractivity contribution in [3.63, 3.8) is 0 Å². The number of methoxy groups -OCH3 is 3. The SMILES string of the molecule is COc1cc(C(=O)Nc2ccccc2OCc2cc(=O)n3cc(Cl)ccc3n2)cc(OC)c1OC. The van der Waals surface area contributed by atoms with Crippen LogP contribution in [0, 0.1) is 0 Å². The zero-order valence-corrected chi connectivity index (χ0v) is 20.0. The minimum atomic E-state index is -0.403. The van der Waals surface area contributed by atoms with Gasteiger partial charge in [0, 0.05) is 17.8 Å². The van der Waals surface area contributed by atoms with Gasteiger partial charge in [-0.2, -0.15) is 0 Å². The number of pyridine rings is 1. The molecule has 1 N–H and O–H groups in total. The Labute approximate surface area is 205 Å². The molecule has 9 nitrogen and oxygen atoms in total. The first-order chi connectivity index (χ1) is 16.9. The molecule has 35 heavy (non-hydrogen) atoms. The number of halogens is 1. The number of hydrogen-bond acceptors (Lipinski definition) is 7. The monoisotopic (exact) mass is 495 g/mol. The van der Waals surface area contributed by atoms with Crippen molar-refractivity contribution in [2.45, 2.75) is 6.61 Å². The minimum absolute atomic E-state index is 0.0193. The summed E-state index contributed by atoms with van der Waals surface area (Å²) in [5.41, 5.74) is 1.35. The average molecular weight is 496 g/mol. The molecule has 0 atom stereocenters. The number of ether oxygens (including phenoxy) is 4. The maximum absolute atomic E-state index is 13.0. The van der Waals surface area contributed by atoms with Crippen LogP contribution in [0.5, 0.6) is 23.0 Å². The van der Waals surface area contributed by atoms with E-state index in [0.717, 1.165) is 0 Å². The van der Waals surface area contributed by atoms with Gasteiger partial charge in [-0.3, -0.25) is 14.0 Å². The van der Waals surface area contributed by atoms with Crippen LogP contribution in [0.15, 0.2) is 65.6 Å². The number of nitrogens with one attached hydrogen (secondary N) is 1. The van der Waals surface area contributed by atoms with E-state index in [0.29, 0.717) is 50.6 Å². The maximum Gasteiger partial charge on any atom is 0.258 e. The van der Waals surface area contributed by atoms with Crippen LogP contribution in [0.4, 0.5) is 5.69 Å². The van der Waals surface area contributed by atoms with Crippen LogP contribution in [-0.4, -0.2) is 36.6 Å². The third-order valence-corrected chi connectivity index (χ3v) is 5.34. The molecule has 4 rings (SSSR count). The first-order valence-corrected chi connectivity index (χ1v) is 10.8. The van der Waals surface area contributed by atoms with E-state index in [4.69, 9.17) is 30.5 Å². The molecule has 0 radical (unpaired) electrons. The second kappa shape index (κ2) is 10.4. The number of rotatable bonds is 8. The third kappa shape index (κ3) is 5.15. The largest absolute Gasteiger partial charge is 0.493 e. The first kappa shape index (κ1) is 23.9. The topological polar surface area (TPSA) is 100 Å². The Kier molecular flexibility index (Phi) is 7.07. The zero-order valence-electron chi connectivity index (χ0n) is 19.2. The molecule has 0 fully saturated rings. The van der Waals surface area contributed by atoms with Crippen molar-refractivity contribution < 1.29 is 23.7 Å². The first-order valence-electron chi connectivity index (χ1n) is 10.4. The predicted octanol–water partition coefficient (Wildman–Crippen LogP) is 4.21. The van der Waals surface area contributed by atoms with Crippen LogP contribution in [0.1, 0.15) is 16.1 Å². The molecule has 2 heterocycles. The lowest BCUT2D eigenvalue weighted by Crippen LogP contribution is -2.17. The minimum Gasteiger partial charge on any atom is -0.493 e. The van der Waals surface area contributed by atoms with Gasteiger partial charge in [0.05, 0.1) is 37.7 Å². The smallest absolute Gasteiger partial charge is 0.258 e. The van der Waals surface area contributed by atoms with Crippen LogP contribution in [0.25, 0.3) is 5.65 Å². The van der Waals surface area contributed by atoms with Crippen LogP contribution < -0.4 is 29.8 Å². The lowest BCUT2D eigenvalue weighted by atomic mass is 10.1. The molecule has 0 aliphatic rings. The Morgan fingerprint density at radius 3 is 2.37 bits per heavy atom. The van der Waals surface area contributed by atoms with Gasteiger partial charge in [-0.15, -0.1) is 0 Å². The van der Waals surface area contributed by atoms with Gasteiger partial charge in [0.15, 0.2) is 11.5 Å². The Morgan fingerprint density at radius 2 is 1.69 bits per heavy atom. The highest BCUT2D eigenvalue weighted by Gasteiger charge is 2.18. The van der Waals surface area contributed by atoms with Crippen LogP contribution >= 0.6 is 11.6 Å². The summed E-state index contributed by atoms with van der Waals surface area (Å²) in [5.74, 6) is 1.11. The van der Waals surface area contributed by atoms with Gasteiger partial charge in [0.1, 0.15) is 18.0 Å². The summed E-state index contributed by atoms with van der Waals surface area (Å²) in [7, 11) is 4.44. The molecule has 2 aromatic carbocycles. The molecule has 180 valence electrons. The number of nitrogens with zero attached hydrogens (tertiary/aromatic N) is 2. The molecule has 0 bridgehead atoms. The molecule has 0 spiro atoms. The van der Waals surface area contributed by atoms with Gasteiger partial charge < -0.3 is 24.3 Å².